The fourth-order valence-corrected chi connectivity index (χ4v) is 3.15. The minimum atomic E-state index is -0.827. The number of methoxy groups -OCH3 is 3. The van der Waals surface area contributed by atoms with Crippen LogP contribution in [0.4, 0.5) is 0 Å². The molecule has 1 aromatic rings. The molecule has 1 aromatic carbocycles. The van der Waals surface area contributed by atoms with Crippen molar-refractivity contribution in [2.24, 2.45) is 0 Å². The molecule has 1 fully saturated rings. The van der Waals surface area contributed by atoms with Crippen LogP contribution in [0.2, 0.25) is 0 Å². The second-order valence-corrected chi connectivity index (χ2v) is 5.39. The number of rotatable bonds is 6. The molecular formula is C16H22O5. The summed E-state index contributed by atoms with van der Waals surface area (Å²) in [5.74, 6) is 0.445. The van der Waals surface area contributed by atoms with Crippen LogP contribution in [0.3, 0.4) is 0 Å². The number of benzene rings is 1. The van der Waals surface area contributed by atoms with Gasteiger partial charge in [0.05, 0.1) is 31.8 Å². The Morgan fingerprint density at radius 2 is 1.67 bits per heavy atom. The number of hydrogen-bond donors (Lipinski definition) is 1. The predicted octanol–water partition coefficient (Wildman–Crippen LogP) is 2.75. The summed E-state index contributed by atoms with van der Waals surface area (Å²) >= 11 is 0. The first-order valence-corrected chi connectivity index (χ1v) is 7.06. The van der Waals surface area contributed by atoms with Crippen molar-refractivity contribution >= 4 is 5.97 Å². The predicted molar refractivity (Wildman–Crippen MR) is 78.0 cm³/mol. The van der Waals surface area contributed by atoms with E-state index in [-0.39, 0.29) is 0 Å². The van der Waals surface area contributed by atoms with Crippen molar-refractivity contribution in [2.75, 3.05) is 21.3 Å². The SMILES string of the molecule is COCc1c(OC)cc(C2(C(=O)O)CCCC2)cc1OC. The van der Waals surface area contributed by atoms with Gasteiger partial charge in [0.25, 0.3) is 0 Å². The zero-order valence-electron chi connectivity index (χ0n) is 12.8. The van der Waals surface area contributed by atoms with Crippen molar-refractivity contribution in [2.45, 2.75) is 37.7 Å². The molecule has 0 amide bonds. The Morgan fingerprint density at radius 1 is 1.14 bits per heavy atom. The fourth-order valence-electron chi connectivity index (χ4n) is 3.15. The number of aliphatic carboxylic acids is 1. The van der Waals surface area contributed by atoms with Crippen LogP contribution in [0.25, 0.3) is 0 Å². The lowest BCUT2D eigenvalue weighted by Crippen LogP contribution is -2.32. The Bertz CT molecular complexity index is 492. The minimum Gasteiger partial charge on any atom is -0.496 e. The van der Waals surface area contributed by atoms with Crippen molar-refractivity contribution in [1.29, 1.82) is 0 Å². The van der Waals surface area contributed by atoms with E-state index in [1.807, 2.05) is 12.1 Å². The first-order chi connectivity index (χ1) is 10.1. The third-order valence-electron chi connectivity index (χ3n) is 4.32. The maximum absolute atomic E-state index is 11.8. The molecule has 1 aliphatic carbocycles. The van der Waals surface area contributed by atoms with E-state index in [1.165, 1.54) is 0 Å². The number of hydrogen-bond acceptors (Lipinski definition) is 4. The smallest absolute Gasteiger partial charge is 0.314 e. The molecule has 0 saturated heterocycles. The highest BCUT2D eigenvalue weighted by atomic mass is 16.5. The van der Waals surface area contributed by atoms with Gasteiger partial charge >= 0.3 is 5.97 Å². The van der Waals surface area contributed by atoms with E-state index in [0.717, 1.165) is 24.0 Å². The molecular weight excluding hydrogens is 272 g/mol. The number of carboxylic acids is 1. The third kappa shape index (κ3) is 2.70. The highest BCUT2D eigenvalue weighted by molar-refractivity contribution is 5.82. The lowest BCUT2D eigenvalue weighted by atomic mass is 9.78. The molecule has 0 atom stereocenters. The van der Waals surface area contributed by atoms with E-state index in [9.17, 15) is 9.90 Å². The van der Waals surface area contributed by atoms with Gasteiger partial charge in [-0.05, 0) is 30.5 Å². The van der Waals surface area contributed by atoms with E-state index >= 15 is 0 Å². The Kier molecular flexibility index (Phi) is 4.73. The third-order valence-corrected chi connectivity index (χ3v) is 4.32. The molecule has 0 heterocycles. The average molecular weight is 294 g/mol. The molecule has 0 spiro atoms. The quantitative estimate of drug-likeness (QED) is 0.874. The van der Waals surface area contributed by atoms with Gasteiger partial charge in [0.15, 0.2) is 0 Å². The molecule has 21 heavy (non-hydrogen) atoms. The van der Waals surface area contributed by atoms with Gasteiger partial charge in [0.1, 0.15) is 11.5 Å². The monoisotopic (exact) mass is 294 g/mol. The van der Waals surface area contributed by atoms with Crippen molar-refractivity contribution in [1.82, 2.24) is 0 Å². The first kappa shape index (κ1) is 15.6. The summed E-state index contributed by atoms with van der Waals surface area (Å²) in [6.45, 7) is 0.354. The molecule has 0 radical (unpaired) electrons. The molecule has 2 rings (SSSR count). The normalized spacial score (nSPS) is 16.7. The van der Waals surface area contributed by atoms with E-state index in [1.54, 1.807) is 21.3 Å². The van der Waals surface area contributed by atoms with Crippen LogP contribution in [0.15, 0.2) is 12.1 Å². The van der Waals surface area contributed by atoms with Gasteiger partial charge in [-0.3, -0.25) is 4.79 Å². The van der Waals surface area contributed by atoms with Crippen LogP contribution in [0.1, 0.15) is 36.8 Å². The number of ether oxygens (including phenoxy) is 3. The van der Waals surface area contributed by atoms with Crippen LogP contribution in [0, 0.1) is 0 Å². The lowest BCUT2D eigenvalue weighted by Gasteiger charge is -2.26. The van der Waals surface area contributed by atoms with Gasteiger partial charge in [-0.2, -0.15) is 0 Å². The van der Waals surface area contributed by atoms with E-state index in [4.69, 9.17) is 14.2 Å². The Hall–Kier alpha value is -1.75. The van der Waals surface area contributed by atoms with Gasteiger partial charge in [-0.1, -0.05) is 12.8 Å². The molecule has 0 bridgehead atoms. The zero-order chi connectivity index (χ0) is 15.5. The molecule has 5 nitrogen and oxygen atoms in total. The van der Waals surface area contributed by atoms with E-state index in [2.05, 4.69) is 0 Å². The second-order valence-electron chi connectivity index (χ2n) is 5.39. The standard InChI is InChI=1S/C16H22O5/c1-19-10-12-13(20-2)8-11(9-14(12)21-3)16(15(17)18)6-4-5-7-16/h8-9H,4-7,10H2,1-3H3,(H,17,18). The van der Waals surface area contributed by atoms with Crippen LogP contribution < -0.4 is 9.47 Å². The highest BCUT2D eigenvalue weighted by Crippen LogP contribution is 2.45. The Balaban J connectivity index is 2.56. The van der Waals surface area contributed by atoms with Crippen molar-refractivity contribution in [3.8, 4) is 11.5 Å². The largest absolute Gasteiger partial charge is 0.496 e. The van der Waals surface area contributed by atoms with Crippen LogP contribution in [-0.2, 0) is 21.6 Å². The molecule has 1 aliphatic rings. The Morgan fingerprint density at radius 3 is 2.05 bits per heavy atom. The summed E-state index contributed by atoms with van der Waals surface area (Å²) in [6, 6.07) is 3.63. The Labute approximate surface area is 124 Å². The summed E-state index contributed by atoms with van der Waals surface area (Å²) in [7, 11) is 4.74. The first-order valence-electron chi connectivity index (χ1n) is 7.06. The topological polar surface area (TPSA) is 65.0 Å². The lowest BCUT2D eigenvalue weighted by molar-refractivity contribution is -0.143. The molecule has 0 unspecified atom stereocenters. The number of carboxylic acid groups (broad SMARTS) is 1. The summed E-state index contributed by atoms with van der Waals surface area (Å²) in [4.78, 5) is 11.8. The van der Waals surface area contributed by atoms with Gasteiger partial charge in [-0.15, -0.1) is 0 Å². The fraction of sp³-hybridized carbons (Fsp3) is 0.562. The molecule has 116 valence electrons. The molecule has 0 aromatic heterocycles. The average Bonchev–Trinajstić information content (AvgIpc) is 2.98. The minimum absolute atomic E-state index is 0.354. The molecule has 5 heteroatoms. The van der Waals surface area contributed by atoms with Crippen molar-refractivity contribution < 1.29 is 24.1 Å². The van der Waals surface area contributed by atoms with Crippen LogP contribution >= 0.6 is 0 Å². The van der Waals surface area contributed by atoms with Gasteiger partial charge in [0, 0.05) is 7.11 Å². The van der Waals surface area contributed by atoms with E-state index in [0.29, 0.717) is 30.9 Å². The number of carbonyl (C=O) groups is 1. The van der Waals surface area contributed by atoms with Crippen molar-refractivity contribution in [3.63, 3.8) is 0 Å². The van der Waals surface area contributed by atoms with Gasteiger partial charge in [0.2, 0.25) is 0 Å². The van der Waals surface area contributed by atoms with Crippen LogP contribution in [-0.4, -0.2) is 32.4 Å². The zero-order valence-corrected chi connectivity index (χ0v) is 12.8. The second kappa shape index (κ2) is 6.35. The molecule has 1 saturated carbocycles. The summed E-state index contributed by atoms with van der Waals surface area (Å²) < 4.78 is 16.0. The summed E-state index contributed by atoms with van der Waals surface area (Å²) in [6.07, 6.45) is 3.16. The summed E-state index contributed by atoms with van der Waals surface area (Å²) in [5, 5.41) is 9.71. The van der Waals surface area contributed by atoms with Gasteiger partial charge < -0.3 is 19.3 Å². The highest BCUT2D eigenvalue weighted by Gasteiger charge is 2.43. The van der Waals surface area contributed by atoms with Crippen molar-refractivity contribution in [3.05, 3.63) is 23.3 Å². The van der Waals surface area contributed by atoms with Gasteiger partial charge in [-0.25, -0.2) is 0 Å². The maximum Gasteiger partial charge on any atom is 0.314 e. The molecule has 0 aliphatic heterocycles. The maximum atomic E-state index is 11.8. The van der Waals surface area contributed by atoms with E-state index < -0.39 is 11.4 Å². The van der Waals surface area contributed by atoms with Crippen LogP contribution in [0.5, 0.6) is 11.5 Å². The molecule has 1 N–H and O–H groups in total. The summed E-state index contributed by atoms with van der Waals surface area (Å²) in [5.41, 5.74) is 0.720.